The standard InChI is InChI=1S/C10H15N5O2/c1-12(2)6-15-5-11-7-8(15)13(3)10(17)14(4)9(7)16/h5H,6H2,1-4H3. The minimum Gasteiger partial charge on any atom is -0.303 e. The van der Waals surface area contributed by atoms with Gasteiger partial charge in [0, 0.05) is 14.1 Å². The van der Waals surface area contributed by atoms with Crippen molar-refractivity contribution in [1.82, 2.24) is 23.6 Å². The zero-order valence-electron chi connectivity index (χ0n) is 10.3. The number of nitrogens with zero attached hydrogens (tertiary/aromatic N) is 5. The van der Waals surface area contributed by atoms with E-state index >= 15 is 0 Å². The van der Waals surface area contributed by atoms with Crippen LogP contribution >= 0.6 is 0 Å². The smallest absolute Gasteiger partial charge is 0.303 e. The number of fused-ring (bicyclic) bond motifs is 1. The van der Waals surface area contributed by atoms with E-state index in [1.165, 1.54) is 11.6 Å². The third kappa shape index (κ3) is 1.68. The van der Waals surface area contributed by atoms with Crippen molar-refractivity contribution in [2.24, 2.45) is 14.1 Å². The molecule has 0 aliphatic rings. The molecule has 2 rings (SSSR count). The van der Waals surface area contributed by atoms with Crippen LogP contribution < -0.4 is 11.2 Å². The Labute approximate surface area is 97.5 Å². The molecule has 0 N–H and O–H groups in total. The van der Waals surface area contributed by atoms with Crippen LogP contribution in [0.4, 0.5) is 0 Å². The van der Waals surface area contributed by atoms with Gasteiger partial charge in [-0.15, -0.1) is 0 Å². The van der Waals surface area contributed by atoms with E-state index in [9.17, 15) is 9.59 Å². The van der Waals surface area contributed by atoms with Crippen LogP contribution in [-0.4, -0.2) is 37.7 Å². The molecule has 0 aliphatic heterocycles. The molecule has 0 aliphatic carbocycles. The van der Waals surface area contributed by atoms with Crippen LogP contribution in [-0.2, 0) is 20.8 Å². The van der Waals surface area contributed by atoms with Crippen molar-refractivity contribution < 1.29 is 0 Å². The quantitative estimate of drug-likeness (QED) is 0.668. The number of rotatable bonds is 2. The Morgan fingerprint density at radius 2 is 1.88 bits per heavy atom. The molecule has 0 saturated heterocycles. The molecular formula is C10H15N5O2. The Bertz CT molecular complexity index is 676. The lowest BCUT2D eigenvalue weighted by atomic mass is 10.5. The van der Waals surface area contributed by atoms with E-state index in [0.29, 0.717) is 17.8 Å². The summed E-state index contributed by atoms with van der Waals surface area (Å²) in [6.45, 7) is 0.566. The summed E-state index contributed by atoms with van der Waals surface area (Å²) < 4.78 is 4.28. The molecule has 2 aromatic heterocycles. The van der Waals surface area contributed by atoms with Gasteiger partial charge in [0.25, 0.3) is 5.56 Å². The Balaban J connectivity index is 2.86. The molecule has 17 heavy (non-hydrogen) atoms. The maximum absolute atomic E-state index is 11.9. The van der Waals surface area contributed by atoms with Crippen LogP contribution in [0.5, 0.6) is 0 Å². The molecule has 2 heterocycles. The fourth-order valence-electron chi connectivity index (χ4n) is 1.85. The summed E-state index contributed by atoms with van der Waals surface area (Å²) in [6, 6.07) is 0. The molecule has 0 spiro atoms. The second-order valence-electron chi connectivity index (χ2n) is 4.31. The zero-order chi connectivity index (χ0) is 12.7. The summed E-state index contributed by atoms with van der Waals surface area (Å²) in [4.78, 5) is 29.7. The normalized spacial score (nSPS) is 11.6. The molecule has 0 aromatic carbocycles. The summed E-state index contributed by atoms with van der Waals surface area (Å²) in [7, 11) is 6.91. The zero-order valence-corrected chi connectivity index (χ0v) is 10.3. The first-order valence-corrected chi connectivity index (χ1v) is 5.19. The van der Waals surface area contributed by atoms with Crippen LogP contribution in [0.3, 0.4) is 0 Å². The fraction of sp³-hybridized carbons (Fsp3) is 0.500. The lowest BCUT2D eigenvalue weighted by Gasteiger charge is -2.12. The summed E-state index contributed by atoms with van der Waals surface area (Å²) >= 11 is 0. The van der Waals surface area contributed by atoms with Crippen molar-refractivity contribution in [2.45, 2.75) is 6.67 Å². The van der Waals surface area contributed by atoms with E-state index in [4.69, 9.17) is 0 Å². The van der Waals surface area contributed by atoms with Gasteiger partial charge in [-0.3, -0.25) is 18.8 Å². The van der Waals surface area contributed by atoms with Crippen LogP contribution in [0.15, 0.2) is 15.9 Å². The highest BCUT2D eigenvalue weighted by molar-refractivity contribution is 5.69. The van der Waals surface area contributed by atoms with Crippen molar-refractivity contribution in [3.05, 3.63) is 27.2 Å². The molecule has 0 amide bonds. The molecule has 0 saturated carbocycles. The molecule has 7 heteroatoms. The van der Waals surface area contributed by atoms with Crippen LogP contribution in [0.25, 0.3) is 11.2 Å². The average Bonchev–Trinajstić information content (AvgIpc) is 2.66. The summed E-state index contributed by atoms with van der Waals surface area (Å²) in [5, 5.41) is 0. The van der Waals surface area contributed by atoms with Crippen molar-refractivity contribution >= 4 is 11.2 Å². The number of hydrogen-bond donors (Lipinski definition) is 0. The van der Waals surface area contributed by atoms with Crippen molar-refractivity contribution in [3.63, 3.8) is 0 Å². The van der Waals surface area contributed by atoms with E-state index in [1.54, 1.807) is 17.9 Å². The third-order valence-electron chi connectivity index (χ3n) is 2.64. The van der Waals surface area contributed by atoms with Crippen molar-refractivity contribution in [2.75, 3.05) is 14.1 Å². The molecule has 0 radical (unpaired) electrons. The highest BCUT2D eigenvalue weighted by Gasteiger charge is 2.13. The van der Waals surface area contributed by atoms with E-state index in [0.717, 1.165) is 4.57 Å². The summed E-state index contributed by atoms with van der Waals surface area (Å²) in [5.74, 6) is 0. The van der Waals surface area contributed by atoms with Crippen LogP contribution in [0.2, 0.25) is 0 Å². The first-order chi connectivity index (χ1) is 7.93. The first kappa shape index (κ1) is 11.6. The topological polar surface area (TPSA) is 65.1 Å². The largest absolute Gasteiger partial charge is 0.332 e. The highest BCUT2D eigenvalue weighted by atomic mass is 16.2. The average molecular weight is 237 g/mol. The SMILES string of the molecule is CN(C)Cn1cnc2c(=O)n(C)c(=O)n(C)c21. The second-order valence-corrected chi connectivity index (χ2v) is 4.31. The second kappa shape index (κ2) is 3.85. The molecule has 0 unspecified atom stereocenters. The van der Waals surface area contributed by atoms with Crippen molar-refractivity contribution in [3.8, 4) is 0 Å². The lowest BCUT2D eigenvalue weighted by Crippen LogP contribution is -2.37. The molecule has 7 nitrogen and oxygen atoms in total. The molecular weight excluding hydrogens is 222 g/mol. The van der Waals surface area contributed by atoms with E-state index in [-0.39, 0.29) is 11.2 Å². The van der Waals surface area contributed by atoms with Crippen LogP contribution in [0, 0.1) is 0 Å². The monoisotopic (exact) mass is 237 g/mol. The van der Waals surface area contributed by atoms with Gasteiger partial charge in [0.05, 0.1) is 13.0 Å². The Morgan fingerprint density at radius 1 is 1.24 bits per heavy atom. The first-order valence-electron chi connectivity index (χ1n) is 5.19. The highest BCUT2D eigenvalue weighted by Crippen LogP contribution is 2.05. The number of aryl methyl sites for hydroxylation is 1. The van der Waals surface area contributed by atoms with Gasteiger partial charge in [0.2, 0.25) is 0 Å². The van der Waals surface area contributed by atoms with E-state index < -0.39 is 0 Å². The van der Waals surface area contributed by atoms with Gasteiger partial charge >= 0.3 is 5.69 Å². The number of aromatic nitrogens is 4. The van der Waals surface area contributed by atoms with Gasteiger partial charge in [-0.1, -0.05) is 0 Å². The van der Waals surface area contributed by atoms with Gasteiger partial charge in [-0.05, 0) is 14.1 Å². The van der Waals surface area contributed by atoms with Gasteiger partial charge < -0.3 is 4.57 Å². The van der Waals surface area contributed by atoms with Gasteiger partial charge in [-0.25, -0.2) is 9.78 Å². The van der Waals surface area contributed by atoms with Gasteiger partial charge in [-0.2, -0.15) is 0 Å². The minimum atomic E-state index is -0.361. The van der Waals surface area contributed by atoms with Crippen LogP contribution in [0.1, 0.15) is 0 Å². The van der Waals surface area contributed by atoms with E-state index in [1.807, 2.05) is 19.0 Å². The Kier molecular flexibility index (Phi) is 2.62. The molecule has 0 fully saturated rings. The summed E-state index contributed by atoms with van der Waals surface area (Å²) in [5.41, 5.74) is 0.159. The predicted molar refractivity (Wildman–Crippen MR) is 63.9 cm³/mol. The maximum Gasteiger partial charge on any atom is 0.332 e. The van der Waals surface area contributed by atoms with Gasteiger partial charge in [0.1, 0.15) is 0 Å². The van der Waals surface area contributed by atoms with Gasteiger partial charge in [0.15, 0.2) is 11.2 Å². The Hall–Kier alpha value is -1.89. The van der Waals surface area contributed by atoms with Crippen molar-refractivity contribution in [1.29, 1.82) is 0 Å². The molecule has 92 valence electrons. The molecule has 0 bridgehead atoms. The lowest BCUT2D eigenvalue weighted by molar-refractivity contribution is 0.329. The molecule has 0 atom stereocenters. The summed E-state index contributed by atoms with van der Waals surface area (Å²) in [6.07, 6.45) is 1.57. The molecule has 2 aromatic rings. The number of hydrogen-bond acceptors (Lipinski definition) is 4. The Morgan fingerprint density at radius 3 is 2.47 bits per heavy atom. The fourth-order valence-corrected chi connectivity index (χ4v) is 1.85. The predicted octanol–water partition coefficient (Wildman–Crippen LogP) is -1.05. The maximum atomic E-state index is 11.9. The third-order valence-corrected chi connectivity index (χ3v) is 2.64. The number of imidazole rings is 1. The minimum absolute atomic E-state index is 0.316. The van der Waals surface area contributed by atoms with E-state index in [2.05, 4.69) is 4.98 Å².